The number of carbonyl (C=O) groups excluding carboxylic acids is 2. The molecule has 1 aliphatic carbocycles. The van der Waals surface area contributed by atoms with E-state index in [9.17, 15) is 9.59 Å². The fourth-order valence-corrected chi connectivity index (χ4v) is 2.96. The Balaban J connectivity index is 1.33. The summed E-state index contributed by atoms with van der Waals surface area (Å²) in [5.74, 6) is 0.565. The lowest BCUT2D eigenvalue weighted by molar-refractivity contribution is -0.124. The van der Waals surface area contributed by atoms with Crippen molar-refractivity contribution in [2.45, 2.75) is 38.3 Å². The molecule has 3 rings (SSSR count). The molecule has 0 spiro atoms. The smallest absolute Gasteiger partial charge is 0.234 e. The van der Waals surface area contributed by atoms with E-state index in [1.165, 1.54) is 0 Å². The highest BCUT2D eigenvalue weighted by Gasteiger charge is 2.31. The molecule has 2 fully saturated rings. The van der Waals surface area contributed by atoms with Gasteiger partial charge in [-0.3, -0.25) is 14.5 Å². The van der Waals surface area contributed by atoms with Crippen LogP contribution in [0, 0.1) is 5.92 Å². The Bertz CT molecular complexity index is 534. The van der Waals surface area contributed by atoms with Gasteiger partial charge in [0.05, 0.1) is 6.54 Å². The molecule has 2 N–H and O–H groups in total. The normalized spacial score (nSPS) is 19.3. The summed E-state index contributed by atoms with van der Waals surface area (Å²) >= 11 is 0. The van der Waals surface area contributed by atoms with Crippen LogP contribution in [0.2, 0.25) is 0 Å². The molecule has 124 valence electrons. The van der Waals surface area contributed by atoms with Crippen LogP contribution in [0.15, 0.2) is 30.3 Å². The number of carbonyl (C=O) groups is 2. The summed E-state index contributed by atoms with van der Waals surface area (Å²) in [6, 6.07) is 10.2. The number of amides is 2. The lowest BCUT2D eigenvalue weighted by Crippen LogP contribution is -2.47. The topological polar surface area (TPSA) is 61.4 Å². The third-order valence-corrected chi connectivity index (χ3v) is 4.58. The van der Waals surface area contributed by atoms with Crippen LogP contribution in [-0.4, -0.2) is 42.4 Å². The highest BCUT2D eigenvalue weighted by atomic mass is 16.2. The summed E-state index contributed by atoms with van der Waals surface area (Å²) in [5.41, 5.74) is 1.11. The van der Waals surface area contributed by atoms with Crippen molar-refractivity contribution in [3.8, 4) is 0 Å². The second-order valence-electron chi connectivity index (χ2n) is 6.60. The molecule has 0 atom stereocenters. The lowest BCUT2D eigenvalue weighted by atomic mass is 10.0. The molecule has 1 aliphatic heterocycles. The summed E-state index contributed by atoms with van der Waals surface area (Å²) < 4.78 is 0. The van der Waals surface area contributed by atoms with Crippen LogP contribution in [0.25, 0.3) is 0 Å². The highest BCUT2D eigenvalue weighted by Crippen LogP contribution is 2.29. The van der Waals surface area contributed by atoms with E-state index < -0.39 is 0 Å². The maximum absolute atomic E-state index is 12.0. The Kier molecular flexibility index (Phi) is 5.28. The van der Waals surface area contributed by atoms with Crippen LogP contribution >= 0.6 is 0 Å². The zero-order valence-corrected chi connectivity index (χ0v) is 13.5. The molecule has 0 radical (unpaired) electrons. The van der Waals surface area contributed by atoms with Crippen molar-refractivity contribution in [3.05, 3.63) is 35.9 Å². The number of benzene rings is 1. The van der Waals surface area contributed by atoms with Gasteiger partial charge in [0.25, 0.3) is 0 Å². The number of hydrogen-bond donors (Lipinski definition) is 2. The van der Waals surface area contributed by atoms with E-state index in [0.29, 0.717) is 13.1 Å². The van der Waals surface area contributed by atoms with Gasteiger partial charge in [0.15, 0.2) is 0 Å². The van der Waals surface area contributed by atoms with Gasteiger partial charge in [-0.15, -0.1) is 0 Å². The monoisotopic (exact) mass is 315 g/mol. The number of likely N-dealkylation sites (tertiary alicyclic amines) is 1. The van der Waals surface area contributed by atoms with Gasteiger partial charge in [-0.25, -0.2) is 0 Å². The predicted octanol–water partition coefficient (Wildman–Crippen LogP) is 1.29. The molecule has 0 bridgehead atoms. The number of nitrogens with one attached hydrogen (secondary N) is 2. The summed E-state index contributed by atoms with van der Waals surface area (Å²) in [4.78, 5) is 25.9. The summed E-state index contributed by atoms with van der Waals surface area (Å²) in [6.07, 6.45) is 3.97. The van der Waals surface area contributed by atoms with Crippen molar-refractivity contribution >= 4 is 11.8 Å². The third kappa shape index (κ3) is 5.06. The SMILES string of the molecule is O=C(CN1CCC(NC(=O)C2CC2)CC1)NCc1ccccc1. The highest BCUT2D eigenvalue weighted by molar-refractivity contribution is 5.81. The molecular formula is C18H25N3O2. The van der Waals surface area contributed by atoms with Crippen LogP contribution in [-0.2, 0) is 16.1 Å². The van der Waals surface area contributed by atoms with Gasteiger partial charge in [0.2, 0.25) is 11.8 Å². The van der Waals surface area contributed by atoms with E-state index in [1.807, 2.05) is 30.3 Å². The summed E-state index contributed by atoms with van der Waals surface area (Å²) in [5, 5.41) is 6.10. The molecule has 2 aliphatic rings. The Morgan fingerprint density at radius 1 is 1.04 bits per heavy atom. The fourth-order valence-electron chi connectivity index (χ4n) is 2.96. The minimum atomic E-state index is 0.0642. The molecule has 23 heavy (non-hydrogen) atoms. The minimum Gasteiger partial charge on any atom is -0.353 e. The largest absolute Gasteiger partial charge is 0.353 e. The Labute approximate surface area is 137 Å². The first-order valence-electron chi connectivity index (χ1n) is 8.54. The van der Waals surface area contributed by atoms with Crippen molar-refractivity contribution < 1.29 is 9.59 Å². The maximum Gasteiger partial charge on any atom is 0.234 e. The van der Waals surface area contributed by atoms with Crippen LogP contribution in [0.4, 0.5) is 0 Å². The van der Waals surface area contributed by atoms with Crippen LogP contribution in [0.3, 0.4) is 0 Å². The van der Waals surface area contributed by atoms with E-state index in [0.717, 1.165) is 44.3 Å². The molecule has 0 unspecified atom stereocenters. The van der Waals surface area contributed by atoms with Crippen LogP contribution < -0.4 is 10.6 Å². The fraction of sp³-hybridized carbons (Fsp3) is 0.556. The summed E-state index contributed by atoms with van der Waals surface area (Å²) in [7, 11) is 0. The molecule has 1 aromatic rings. The summed E-state index contributed by atoms with van der Waals surface area (Å²) in [6.45, 7) is 2.76. The van der Waals surface area contributed by atoms with Gasteiger partial charge in [-0.2, -0.15) is 0 Å². The molecule has 1 aromatic carbocycles. The lowest BCUT2D eigenvalue weighted by Gasteiger charge is -2.31. The predicted molar refractivity (Wildman–Crippen MR) is 88.6 cm³/mol. The first-order valence-corrected chi connectivity index (χ1v) is 8.54. The average molecular weight is 315 g/mol. The van der Waals surface area contributed by atoms with E-state index >= 15 is 0 Å². The van der Waals surface area contributed by atoms with Crippen LogP contribution in [0.1, 0.15) is 31.2 Å². The van der Waals surface area contributed by atoms with Crippen molar-refractivity contribution in [1.29, 1.82) is 0 Å². The first kappa shape index (κ1) is 16.0. The second kappa shape index (κ2) is 7.59. The van der Waals surface area contributed by atoms with Gasteiger partial charge in [-0.1, -0.05) is 30.3 Å². The molecule has 2 amide bonds. The van der Waals surface area contributed by atoms with E-state index in [4.69, 9.17) is 0 Å². The molecule has 1 saturated heterocycles. The molecular weight excluding hydrogens is 290 g/mol. The van der Waals surface area contributed by atoms with Gasteiger partial charge in [-0.05, 0) is 31.2 Å². The quantitative estimate of drug-likeness (QED) is 0.832. The van der Waals surface area contributed by atoms with E-state index in [1.54, 1.807) is 0 Å². The Morgan fingerprint density at radius 2 is 1.74 bits per heavy atom. The Hall–Kier alpha value is -1.88. The van der Waals surface area contributed by atoms with Crippen molar-refractivity contribution in [2.24, 2.45) is 5.92 Å². The van der Waals surface area contributed by atoms with E-state index in [2.05, 4.69) is 15.5 Å². The van der Waals surface area contributed by atoms with E-state index in [-0.39, 0.29) is 23.8 Å². The van der Waals surface area contributed by atoms with Crippen molar-refractivity contribution in [3.63, 3.8) is 0 Å². The first-order chi connectivity index (χ1) is 11.2. The van der Waals surface area contributed by atoms with Crippen molar-refractivity contribution in [1.82, 2.24) is 15.5 Å². The maximum atomic E-state index is 12.0. The average Bonchev–Trinajstić information content (AvgIpc) is 3.41. The zero-order chi connectivity index (χ0) is 16.1. The number of hydrogen-bond acceptors (Lipinski definition) is 3. The van der Waals surface area contributed by atoms with Crippen molar-refractivity contribution in [2.75, 3.05) is 19.6 Å². The number of nitrogens with zero attached hydrogens (tertiary/aromatic N) is 1. The van der Waals surface area contributed by atoms with Gasteiger partial charge >= 0.3 is 0 Å². The van der Waals surface area contributed by atoms with Crippen LogP contribution in [0.5, 0.6) is 0 Å². The molecule has 1 saturated carbocycles. The number of rotatable bonds is 6. The minimum absolute atomic E-state index is 0.0642. The molecule has 1 heterocycles. The Morgan fingerprint density at radius 3 is 2.39 bits per heavy atom. The van der Waals surface area contributed by atoms with Gasteiger partial charge in [0, 0.05) is 31.6 Å². The number of piperidine rings is 1. The molecule has 5 nitrogen and oxygen atoms in total. The standard InChI is InChI=1S/C18H25N3O2/c22-17(19-12-14-4-2-1-3-5-14)13-21-10-8-16(9-11-21)20-18(23)15-6-7-15/h1-5,15-16H,6-13H2,(H,19,22)(H,20,23). The van der Waals surface area contributed by atoms with Gasteiger partial charge < -0.3 is 10.6 Å². The zero-order valence-electron chi connectivity index (χ0n) is 13.5. The molecule has 0 aromatic heterocycles. The van der Waals surface area contributed by atoms with Gasteiger partial charge in [0.1, 0.15) is 0 Å². The third-order valence-electron chi connectivity index (χ3n) is 4.58. The second-order valence-corrected chi connectivity index (χ2v) is 6.60. The molecule has 5 heteroatoms.